The van der Waals surface area contributed by atoms with Crippen LogP contribution in [0.3, 0.4) is 0 Å². The van der Waals surface area contributed by atoms with Gasteiger partial charge < -0.3 is 14.7 Å². The van der Waals surface area contributed by atoms with E-state index >= 15 is 0 Å². The molecule has 0 radical (unpaired) electrons. The summed E-state index contributed by atoms with van der Waals surface area (Å²) in [4.78, 5) is 17.0. The van der Waals surface area contributed by atoms with Gasteiger partial charge in [0.05, 0.1) is 6.10 Å². The van der Waals surface area contributed by atoms with Gasteiger partial charge in [-0.2, -0.15) is 0 Å². The highest BCUT2D eigenvalue weighted by Gasteiger charge is 2.23. The van der Waals surface area contributed by atoms with E-state index in [1.54, 1.807) is 12.5 Å². The third-order valence-electron chi connectivity index (χ3n) is 3.38. The smallest absolute Gasteiger partial charge is 0.329 e. The number of hydrogen-bond donors (Lipinski definition) is 1. The van der Waals surface area contributed by atoms with E-state index in [4.69, 9.17) is 9.84 Å². The van der Waals surface area contributed by atoms with Gasteiger partial charge >= 0.3 is 5.97 Å². The van der Waals surface area contributed by atoms with Crippen molar-refractivity contribution in [3.05, 3.63) is 18.7 Å². The van der Waals surface area contributed by atoms with Gasteiger partial charge in [0.15, 0.2) is 5.82 Å². The molecule has 2 aromatic rings. The molecule has 1 aliphatic rings. The topological polar surface area (TPSA) is 92.9 Å². The fourth-order valence-electron chi connectivity index (χ4n) is 2.39. The van der Waals surface area contributed by atoms with Crippen molar-refractivity contribution >= 4 is 17.4 Å². The summed E-state index contributed by atoms with van der Waals surface area (Å²) in [6.07, 6.45) is 6.73. The van der Waals surface area contributed by atoms with Crippen LogP contribution >= 0.6 is 0 Å². The van der Waals surface area contributed by atoms with E-state index in [0.717, 1.165) is 37.4 Å². The molecule has 0 atom stereocenters. The van der Waals surface area contributed by atoms with Gasteiger partial charge in [0, 0.05) is 25.5 Å². The van der Waals surface area contributed by atoms with Gasteiger partial charge in [0.1, 0.15) is 12.9 Å². The first-order chi connectivity index (χ1) is 9.74. The molecular formula is C12H15N5O3. The normalized spacial score (nSPS) is 16.7. The van der Waals surface area contributed by atoms with Gasteiger partial charge in [0.25, 0.3) is 0 Å². The molecule has 3 rings (SSSR count). The van der Waals surface area contributed by atoms with Gasteiger partial charge in [-0.1, -0.05) is 0 Å². The molecule has 1 aliphatic heterocycles. The van der Waals surface area contributed by atoms with Crippen LogP contribution in [0.4, 0.5) is 5.82 Å². The minimum absolute atomic E-state index is 0.0000439. The van der Waals surface area contributed by atoms with Gasteiger partial charge in [-0.05, 0) is 12.8 Å². The lowest BCUT2D eigenvalue weighted by Crippen LogP contribution is -2.38. The van der Waals surface area contributed by atoms with E-state index < -0.39 is 5.97 Å². The van der Waals surface area contributed by atoms with Crippen LogP contribution in [0.2, 0.25) is 0 Å². The zero-order valence-corrected chi connectivity index (χ0v) is 10.8. The number of rotatable bonds is 4. The minimum Gasteiger partial charge on any atom is -0.480 e. The number of fused-ring (bicyclic) bond motifs is 1. The van der Waals surface area contributed by atoms with Crippen LogP contribution in [-0.2, 0) is 9.53 Å². The largest absolute Gasteiger partial charge is 0.480 e. The lowest BCUT2D eigenvalue weighted by Gasteiger charge is -2.32. The Kier molecular flexibility index (Phi) is 3.46. The summed E-state index contributed by atoms with van der Waals surface area (Å²) in [7, 11) is 0. The van der Waals surface area contributed by atoms with Crippen LogP contribution in [0.25, 0.3) is 5.65 Å². The highest BCUT2D eigenvalue weighted by molar-refractivity contribution is 5.68. The predicted molar refractivity (Wildman–Crippen MR) is 69.6 cm³/mol. The quantitative estimate of drug-likeness (QED) is 0.852. The molecule has 2 aromatic heterocycles. The molecule has 0 spiro atoms. The number of aliphatic carboxylic acids is 1. The first-order valence-electron chi connectivity index (χ1n) is 6.47. The van der Waals surface area contributed by atoms with Gasteiger partial charge in [0.2, 0.25) is 5.65 Å². The van der Waals surface area contributed by atoms with E-state index in [-0.39, 0.29) is 12.7 Å². The predicted octanol–water partition coefficient (Wildman–Crippen LogP) is 0.194. The van der Waals surface area contributed by atoms with Crippen molar-refractivity contribution < 1.29 is 14.6 Å². The van der Waals surface area contributed by atoms with Crippen LogP contribution < -0.4 is 4.90 Å². The van der Waals surface area contributed by atoms with Crippen molar-refractivity contribution in [2.45, 2.75) is 18.9 Å². The summed E-state index contributed by atoms with van der Waals surface area (Å²) in [5, 5.41) is 16.6. The van der Waals surface area contributed by atoms with E-state index in [2.05, 4.69) is 20.1 Å². The Labute approximate surface area is 115 Å². The molecule has 3 heterocycles. The van der Waals surface area contributed by atoms with Crippen LogP contribution in [0.1, 0.15) is 12.8 Å². The lowest BCUT2D eigenvalue weighted by molar-refractivity contribution is -0.144. The third kappa shape index (κ3) is 2.55. The fourth-order valence-corrected chi connectivity index (χ4v) is 2.39. The maximum atomic E-state index is 10.5. The fraction of sp³-hybridized carbons (Fsp3) is 0.500. The summed E-state index contributed by atoms with van der Waals surface area (Å²) < 4.78 is 7.15. The first-order valence-corrected chi connectivity index (χ1v) is 6.47. The molecule has 0 amide bonds. The monoisotopic (exact) mass is 277 g/mol. The Morgan fingerprint density at radius 1 is 1.45 bits per heavy atom. The van der Waals surface area contributed by atoms with Crippen LogP contribution in [0.5, 0.6) is 0 Å². The average Bonchev–Trinajstić information content (AvgIpc) is 2.94. The number of piperidine rings is 1. The van der Waals surface area contributed by atoms with Gasteiger partial charge in [-0.3, -0.25) is 4.40 Å². The molecule has 0 bridgehead atoms. The Morgan fingerprint density at radius 2 is 2.25 bits per heavy atom. The molecule has 8 heteroatoms. The van der Waals surface area contributed by atoms with E-state index in [0.29, 0.717) is 0 Å². The first kappa shape index (κ1) is 12.8. The van der Waals surface area contributed by atoms with Gasteiger partial charge in [-0.15, -0.1) is 10.2 Å². The molecule has 1 N–H and O–H groups in total. The number of anilines is 1. The number of carboxylic acid groups (broad SMARTS) is 1. The zero-order valence-electron chi connectivity index (χ0n) is 10.8. The number of nitrogens with zero attached hydrogens (tertiary/aromatic N) is 5. The van der Waals surface area contributed by atoms with Gasteiger partial charge in [-0.25, -0.2) is 9.78 Å². The SMILES string of the molecule is O=C(O)COC1CCN(c2nccn3cnnc23)CC1. The van der Waals surface area contributed by atoms with Crippen molar-refractivity contribution in [3.8, 4) is 0 Å². The van der Waals surface area contributed by atoms with E-state index in [1.807, 2.05) is 10.6 Å². The van der Waals surface area contributed by atoms with Crippen molar-refractivity contribution in [2.24, 2.45) is 0 Å². The maximum absolute atomic E-state index is 10.5. The summed E-state index contributed by atoms with van der Waals surface area (Å²) >= 11 is 0. The zero-order chi connectivity index (χ0) is 13.9. The van der Waals surface area contributed by atoms with Crippen LogP contribution in [0.15, 0.2) is 18.7 Å². The molecular weight excluding hydrogens is 262 g/mol. The highest BCUT2D eigenvalue weighted by Crippen LogP contribution is 2.22. The van der Waals surface area contributed by atoms with E-state index in [9.17, 15) is 4.79 Å². The highest BCUT2D eigenvalue weighted by atomic mass is 16.5. The second-order valence-electron chi connectivity index (χ2n) is 4.70. The standard InChI is InChI=1S/C12H15N5O3/c18-10(19)7-20-9-1-4-16(5-2-9)11-12-15-14-8-17(12)6-3-13-11/h3,6,8-9H,1-2,4-5,7H2,(H,18,19). The summed E-state index contributed by atoms with van der Waals surface area (Å²) in [6, 6.07) is 0. The Balaban J connectivity index is 1.66. The number of hydrogen-bond acceptors (Lipinski definition) is 6. The number of aromatic nitrogens is 4. The molecule has 0 unspecified atom stereocenters. The molecule has 0 aliphatic carbocycles. The number of carboxylic acids is 1. The number of ether oxygens (including phenoxy) is 1. The molecule has 20 heavy (non-hydrogen) atoms. The summed E-state index contributed by atoms with van der Waals surface area (Å²) in [5.41, 5.74) is 0.734. The summed E-state index contributed by atoms with van der Waals surface area (Å²) in [5.74, 6) is -0.121. The molecule has 0 saturated carbocycles. The van der Waals surface area contributed by atoms with Crippen molar-refractivity contribution in [3.63, 3.8) is 0 Å². The molecule has 8 nitrogen and oxygen atoms in total. The van der Waals surface area contributed by atoms with Crippen molar-refractivity contribution in [1.29, 1.82) is 0 Å². The minimum atomic E-state index is -0.928. The average molecular weight is 277 g/mol. The van der Waals surface area contributed by atoms with Crippen molar-refractivity contribution in [1.82, 2.24) is 19.6 Å². The van der Waals surface area contributed by atoms with Crippen LogP contribution in [-0.4, -0.2) is 56.5 Å². The second-order valence-corrected chi connectivity index (χ2v) is 4.70. The van der Waals surface area contributed by atoms with Crippen LogP contribution in [0, 0.1) is 0 Å². The Bertz CT molecular complexity index is 606. The molecule has 106 valence electrons. The lowest BCUT2D eigenvalue weighted by atomic mass is 10.1. The Morgan fingerprint density at radius 3 is 3.00 bits per heavy atom. The van der Waals surface area contributed by atoms with E-state index in [1.165, 1.54) is 0 Å². The molecule has 0 aromatic carbocycles. The molecule has 1 fully saturated rings. The third-order valence-corrected chi connectivity index (χ3v) is 3.38. The Hall–Kier alpha value is -2.22. The maximum Gasteiger partial charge on any atom is 0.329 e. The second kappa shape index (κ2) is 5.41. The number of carbonyl (C=O) groups is 1. The molecule has 1 saturated heterocycles. The summed E-state index contributed by atoms with van der Waals surface area (Å²) in [6.45, 7) is 1.30. The van der Waals surface area contributed by atoms with Crippen molar-refractivity contribution in [2.75, 3.05) is 24.6 Å².